The van der Waals surface area contributed by atoms with Gasteiger partial charge in [-0.2, -0.15) is 0 Å². The Bertz CT molecular complexity index is 717. The van der Waals surface area contributed by atoms with Crippen LogP contribution in [0.4, 0.5) is 5.69 Å². The number of hydrogen-bond donors (Lipinski definition) is 1. The quantitative estimate of drug-likeness (QED) is 0.789. The van der Waals surface area contributed by atoms with Crippen LogP contribution < -0.4 is 10.2 Å². The summed E-state index contributed by atoms with van der Waals surface area (Å²) in [6.07, 6.45) is 0.947. The molecule has 21 heavy (non-hydrogen) atoms. The summed E-state index contributed by atoms with van der Waals surface area (Å²) in [5.41, 5.74) is 2.92. The minimum atomic E-state index is -0.189. The fraction of sp³-hybridized carbons (Fsp3) is 0.125. The van der Waals surface area contributed by atoms with Gasteiger partial charge in [-0.15, -0.1) is 0 Å². The van der Waals surface area contributed by atoms with Crippen LogP contribution in [0, 0.1) is 0 Å². The topological polar surface area (TPSA) is 32.3 Å². The number of rotatable bonds is 1. The highest BCUT2D eigenvalue weighted by molar-refractivity contribution is 9.10. The van der Waals surface area contributed by atoms with E-state index in [1.807, 2.05) is 35.2 Å². The number of para-hydroxylation sites is 1. The van der Waals surface area contributed by atoms with E-state index >= 15 is 0 Å². The predicted octanol–water partition coefficient (Wildman–Crippen LogP) is 3.53. The molecule has 3 rings (SSSR count). The Morgan fingerprint density at radius 1 is 1.19 bits per heavy atom. The number of carbonyl (C=O) groups excluding carboxylic acids is 1. The molecule has 0 spiro atoms. The van der Waals surface area contributed by atoms with Crippen LogP contribution in [0.3, 0.4) is 0 Å². The summed E-state index contributed by atoms with van der Waals surface area (Å²) in [6, 6.07) is 15.4. The summed E-state index contributed by atoms with van der Waals surface area (Å²) in [4.78, 5) is 14.2. The van der Waals surface area contributed by atoms with Crippen molar-refractivity contribution < 1.29 is 4.79 Å². The molecule has 2 aromatic rings. The number of thiocarbonyl (C=S) groups is 1. The van der Waals surface area contributed by atoms with E-state index in [4.69, 9.17) is 12.2 Å². The number of benzene rings is 2. The molecule has 0 saturated carbocycles. The first-order chi connectivity index (χ1) is 10.1. The Labute approximate surface area is 137 Å². The monoisotopic (exact) mass is 360 g/mol. The van der Waals surface area contributed by atoms with Gasteiger partial charge < -0.3 is 4.90 Å². The van der Waals surface area contributed by atoms with Crippen molar-refractivity contribution in [2.75, 3.05) is 11.4 Å². The van der Waals surface area contributed by atoms with Gasteiger partial charge in [0.05, 0.1) is 0 Å². The maximum absolute atomic E-state index is 12.2. The normalized spacial score (nSPS) is 12.9. The summed E-state index contributed by atoms with van der Waals surface area (Å²) in [5.74, 6) is -0.189. The molecule has 1 aliphatic heterocycles. The molecule has 5 heteroatoms. The molecule has 0 saturated heterocycles. The molecule has 0 unspecified atom stereocenters. The second-order valence-corrected chi connectivity index (χ2v) is 6.10. The number of carbonyl (C=O) groups is 1. The Morgan fingerprint density at radius 2 is 2.00 bits per heavy atom. The second-order valence-electron chi connectivity index (χ2n) is 4.80. The number of nitrogens with one attached hydrogen (secondary N) is 1. The third kappa shape index (κ3) is 2.99. The Morgan fingerprint density at radius 3 is 2.81 bits per heavy atom. The van der Waals surface area contributed by atoms with Gasteiger partial charge >= 0.3 is 0 Å². The van der Waals surface area contributed by atoms with Gasteiger partial charge in [0, 0.05) is 22.3 Å². The van der Waals surface area contributed by atoms with Crippen LogP contribution in [0.5, 0.6) is 0 Å². The smallest absolute Gasteiger partial charge is 0.257 e. The average Bonchev–Trinajstić information content (AvgIpc) is 2.91. The molecule has 0 bridgehead atoms. The number of hydrogen-bond acceptors (Lipinski definition) is 2. The van der Waals surface area contributed by atoms with E-state index in [0.29, 0.717) is 10.7 Å². The van der Waals surface area contributed by atoms with Gasteiger partial charge in [0.1, 0.15) is 0 Å². The maximum atomic E-state index is 12.2. The van der Waals surface area contributed by atoms with Gasteiger partial charge in [-0.3, -0.25) is 10.1 Å². The van der Waals surface area contributed by atoms with Gasteiger partial charge in [0.25, 0.3) is 5.91 Å². The lowest BCUT2D eigenvalue weighted by Crippen LogP contribution is -2.41. The first kappa shape index (κ1) is 14.2. The standard InChI is InChI=1S/C16H13BrN2OS/c17-13-6-3-5-12(10-13)15(20)18-16(21)19-9-8-11-4-1-2-7-14(11)19/h1-7,10H,8-9H2,(H,18,20,21). The van der Waals surface area contributed by atoms with Crippen molar-refractivity contribution >= 4 is 44.9 Å². The van der Waals surface area contributed by atoms with E-state index in [1.54, 1.807) is 12.1 Å². The fourth-order valence-corrected chi connectivity index (χ4v) is 3.10. The van der Waals surface area contributed by atoms with Gasteiger partial charge in [0.15, 0.2) is 5.11 Å². The van der Waals surface area contributed by atoms with Gasteiger partial charge in [-0.1, -0.05) is 40.2 Å². The highest BCUT2D eigenvalue weighted by atomic mass is 79.9. The first-order valence-electron chi connectivity index (χ1n) is 6.61. The van der Waals surface area contributed by atoms with Crippen molar-refractivity contribution in [3.63, 3.8) is 0 Å². The number of nitrogens with zero attached hydrogens (tertiary/aromatic N) is 1. The van der Waals surface area contributed by atoms with E-state index in [0.717, 1.165) is 23.1 Å². The lowest BCUT2D eigenvalue weighted by molar-refractivity contribution is 0.0977. The van der Waals surface area contributed by atoms with E-state index < -0.39 is 0 Å². The Kier molecular flexibility index (Phi) is 4.03. The highest BCUT2D eigenvalue weighted by Gasteiger charge is 2.22. The van der Waals surface area contributed by atoms with E-state index in [2.05, 4.69) is 27.3 Å². The van der Waals surface area contributed by atoms with E-state index in [-0.39, 0.29) is 5.91 Å². The number of anilines is 1. The molecule has 0 aromatic heterocycles. The van der Waals surface area contributed by atoms with Crippen LogP contribution in [-0.4, -0.2) is 17.6 Å². The molecule has 2 aromatic carbocycles. The van der Waals surface area contributed by atoms with Crippen LogP contribution in [0.15, 0.2) is 53.0 Å². The summed E-state index contributed by atoms with van der Waals surface area (Å²) in [5, 5.41) is 3.25. The van der Waals surface area contributed by atoms with Crippen LogP contribution >= 0.6 is 28.1 Å². The van der Waals surface area contributed by atoms with Gasteiger partial charge in [-0.25, -0.2) is 0 Å². The number of halogens is 1. The molecule has 0 radical (unpaired) electrons. The zero-order chi connectivity index (χ0) is 14.8. The molecule has 0 atom stereocenters. The Balaban J connectivity index is 1.74. The molecule has 1 amide bonds. The number of amides is 1. The van der Waals surface area contributed by atoms with Crippen molar-refractivity contribution in [2.45, 2.75) is 6.42 Å². The van der Waals surface area contributed by atoms with Crippen molar-refractivity contribution in [3.05, 3.63) is 64.1 Å². The molecule has 0 fully saturated rings. The van der Waals surface area contributed by atoms with E-state index in [1.165, 1.54) is 5.56 Å². The van der Waals surface area contributed by atoms with Crippen LogP contribution in [0.1, 0.15) is 15.9 Å². The van der Waals surface area contributed by atoms with Crippen molar-refractivity contribution in [2.24, 2.45) is 0 Å². The molecule has 3 nitrogen and oxygen atoms in total. The molecule has 106 valence electrons. The first-order valence-corrected chi connectivity index (χ1v) is 7.81. The SMILES string of the molecule is O=C(NC(=S)N1CCc2ccccc21)c1cccc(Br)c1. The van der Waals surface area contributed by atoms with Gasteiger partial charge in [0.2, 0.25) is 0 Å². The summed E-state index contributed by atoms with van der Waals surface area (Å²) in [7, 11) is 0. The van der Waals surface area contributed by atoms with Crippen molar-refractivity contribution in [1.82, 2.24) is 5.32 Å². The van der Waals surface area contributed by atoms with Crippen LogP contribution in [-0.2, 0) is 6.42 Å². The van der Waals surface area contributed by atoms with Crippen molar-refractivity contribution in [3.8, 4) is 0 Å². The summed E-state index contributed by atoms with van der Waals surface area (Å²) < 4.78 is 0.868. The molecular weight excluding hydrogens is 348 g/mol. The third-order valence-electron chi connectivity index (χ3n) is 3.44. The highest BCUT2D eigenvalue weighted by Crippen LogP contribution is 2.27. The third-order valence-corrected chi connectivity index (χ3v) is 4.26. The van der Waals surface area contributed by atoms with Crippen LogP contribution in [0.2, 0.25) is 0 Å². The summed E-state index contributed by atoms with van der Waals surface area (Å²) >= 11 is 8.74. The Hall–Kier alpha value is -1.72. The van der Waals surface area contributed by atoms with Gasteiger partial charge in [-0.05, 0) is 48.5 Å². The minimum Gasteiger partial charge on any atom is -0.318 e. The van der Waals surface area contributed by atoms with E-state index in [9.17, 15) is 4.79 Å². The minimum absolute atomic E-state index is 0.189. The van der Waals surface area contributed by atoms with Crippen molar-refractivity contribution in [1.29, 1.82) is 0 Å². The second kappa shape index (κ2) is 5.95. The lowest BCUT2D eigenvalue weighted by atomic mass is 10.2. The molecule has 1 N–H and O–H groups in total. The zero-order valence-corrected chi connectivity index (χ0v) is 13.6. The zero-order valence-electron chi connectivity index (χ0n) is 11.2. The maximum Gasteiger partial charge on any atom is 0.257 e. The summed E-state index contributed by atoms with van der Waals surface area (Å²) in [6.45, 7) is 0.803. The largest absolute Gasteiger partial charge is 0.318 e. The molecular formula is C16H13BrN2OS. The lowest BCUT2D eigenvalue weighted by Gasteiger charge is -2.20. The predicted molar refractivity (Wildman–Crippen MR) is 91.7 cm³/mol. The molecule has 0 aliphatic carbocycles. The average molecular weight is 361 g/mol. The molecule has 1 heterocycles. The molecule has 1 aliphatic rings. The number of fused-ring (bicyclic) bond motifs is 1. The fourth-order valence-electron chi connectivity index (χ4n) is 2.42. The van der Waals surface area contributed by atoms with Crippen LogP contribution in [0.25, 0.3) is 0 Å².